The van der Waals surface area contributed by atoms with Crippen molar-refractivity contribution in [1.82, 2.24) is 15.1 Å². The molecule has 0 saturated carbocycles. The Morgan fingerprint density at radius 1 is 1.40 bits per heavy atom. The summed E-state index contributed by atoms with van der Waals surface area (Å²) in [7, 11) is 1.39. The van der Waals surface area contributed by atoms with Crippen LogP contribution < -0.4 is 5.32 Å². The average molecular weight is 283 g/mol. The van der Waals surface area contributed by atoms with Gasteiger partial charge in [0.1, 0.15) is 5.54 Å². The van der Waals surface area contributed by atoms with Gasteiger partial charge in [-0.15, -0.1) is 0 Å². The maximum absolute atomic E-state index is 12.0. The van der Waals surface area contributed by atoms with Gasteiger partial charge in [-0.2, -0.15) is 0 Å². The molecule has 2 saturated heterocycles. The Bertz CT molecular complexity index is 435. The number of amides is 3. The van der Waals surface area contributed by atoms with Crippen LogP contribution in [0.5, 0.6) is 0 Å². The Hall–Kier alpha value is -1.63. The van der Waals surface area contributed by atoms with Gasteiger partial charge >= 0.3 is 12.0 Å². The fourth-order valence-electron chi connectivity index (χ4n) is 2.66. The number of nitrogens with zero attached hydrogens (tertiary/aromatic N) is 2. The van der Waals surface area contributed by atoms with Crippen molar-refractivity contribution in [1.29, 1.82) is 0 Å². The SMILES string of the molecule is COC(=O)C1CCN(CCN2C(=O)NC(C)(C)C2=O)C1. The lowest BCUT2D eigenvalue weighted by Gasteiger charge is -2.20. The molecule has 0 aromatic rings. The molecule has 7 nitrogen and oxygen atoms in total. The number of nitrogens with one attached hydrogen (secondary N) is 1. The summed E-state index contributed by atoms with van der Waals surface area (Å²) in [6.07, 6.45) is 0.762. The molecule has 112 valence electrons. The maximum Gasteiger partial charge on any atom is 0.325 e. The van der Waals surface area contributed by atoms with Gasteiger partial charge in [-0.25, -0.2) is 4.79 Å². The normalized spacial score (nSPS) is 25.9. The highest BCUT2D eigenvalue weighted by molar-refractivity contribution is 6.06. The Morgan fingerprint density at radius 2 is 2.10 bits per heavy atom. The Balaban J connectivity index is 1.84. The number of urea groups is 1. The monoisotopic (exact) mass is 283 g/mol. The number of hydrogen-bond donors (Lipinski definition) is 1. The van der Waals surface area contributed by atoms with Crippen LogP contribution in [0.25, 0.3) is 0 Å². The van der Waals surface area contributed by atoms with E-state index >= 15 is 0 Å². The molecule has 1 unspecified atom stereocenters. The summed E-state index contributed by atoms with van der Waals surface area (Å²) in [4.78, 5) is 38.5. The smallest absolute Gasteiger partial charge is 0.325 e. The van der Waals surface area contributed by atoms with Crippen molar-refractivity contribution in [3.8, 4) is 0 Å². The van der Waals surface area contributed by atoms with E-state index in [1.165, 1.54) is 12.0 Å². The Morgan fingerprint density at radius 3 is 2.65 bits per heavy atom. The molecule has 0 aromatic carbocycles. The van der Waals surface area contributed by atoms with Crippen LogP contribution in [-0.4, -0.2) is 66.5 Å². The molecule has 1 atom stereocenters. The van der Waals surface area contributed by atoms with Gasteiger partial charge in [-0.3, -0.25) is 14.5 Å². The zero-order valence-electron chi connectivity index (χ0n) is 12.1. The molecule has 2 aliphatic heterocycles. The second kappa shape index (κ2) is 5.40. The third kappa shape index (κ3) is 2.77. The molecule has 1 N–H and O–H groups in total. The summed E-state index contributed by atoms with van der Waals surface area (Å²) in [5.41, 5.74) is -0.823. The standard InChI is InChI=1S/C13H21N3O4/c1-13(2)11(18)16(12(19)14-13)7-6-15-5-4-9(8-15)10(17)20-3/h9H,4-8H2,1-3H3,(H,14,19). The lowest BCUT2D eigenvalue weighted by atomic mass is 10.1. The first-order chi connectivity index (χ1) is 9.35. The van der Waals surface area contributed by atoms with E-state index in [0.717, 1.165) is 13.0 Å². The second-order valence-corrected chi connectivity index (χ2v) is 5.82. The van der Waals surface area contributed by atoms with E-state index in [0.29, 0.717) is 19.6 Å². The topological polar surface area (TPSA) is 79.0 Å². The molecule has 2 aliphatic rings. The van der Waals surface area contributed by atoms with Gasteiger partial charge in [0.2, 0.25) is 0 Å². The highest BCUT2D eigenvalue weighted by Gasteiger charge is 2.44. The van der Waals surface area contributed by atoms with E-state index in [-0.39, 0.29) is 23.8 Å². The molecule has 0 bridgehead atoms. The molecular formula is C13H21N3O4. The molecule has 0 aliphatic carbocycles. The number of esters is 1. The summed E-state index contributed by atoms with van der Waals surface area (Å²) >= 11 is 0. The molecule has 2 rings (SSSR count). The van der Waals surface area contributed by atoms with Crippen LogP contribution in [0.1, 0.15) is 20.3 Å². The van der Waals surface area contributed by atoms with E-state index in [2.05, 4.69) is 10.2 Å². The number of carbonyl (C=O) groups is 3. The molecule has 3 amide bonds. The molecule has 2 fully saturated rings. The molecule has 7 heteroatoms. The van der Waals surface area contributed by atoms with Crippen molar-refractivity contribution in [3.63, 3.8) is 0 Å². The number of carbonyl (C=O) groups excluding carboxylic acids is 3. The molecular weight excluding hydrogens is 262 g/mol. The fraction of sp³-hybridized carbons (Fsp3) is 0.769. The van der Waals surface area contributed by atoms with E-state index in [1.54, 1.807) is 13.8 Å². The average Bonchev–Trinajstić information content (AvgIpc) is 2.92. The molecule has 2 heterocycles. The highest BCUT2D eigenvalue weighted by atomic mass is 16.5. The minimum atomic E-state index is -0.823. The van der Waals surface area contributed by atoms with Crippen LogP contribution in [0.3, 0.4) is 0 Å². The van der Waals surface area contributed by atoms with Gasteiger partial charge in [0.05, 0.1) is 13.0 Å². The Labute approximate surface area is 118 Å². The first-order valence-corrected chi connectivity index (χ1v) is 6.79. The van der Waals surface area contributed by atoms with Crippen molar-refractivity contribution >= 4 is 17.9 Å². The summed E-state index contributed by atoms with van der Waals surface area (Å²) in [5, 5.41) is 2.65. The number of rotatable bonds is 4. The third-order valence-corrected chi connectivity index (χ3v) is 3.89. The van der Waals surface area contributed by atoms with Gasteiger partial charge in [0, 0.05) is 19.6 Å². The summed E-state index contributed by atoms with van der Waals surface area (Å²) in [6.45, 7) is 5.73. The Kier molecular flexibility index (Phi) is 3.99. The number of hydrogen-bond acceptors (Lipinski definition) is 5. The summed E-state index contributed by atoms with van der Waals surface area (Å²) < 4.78 is 4.73. The number of ether oxygens (including phenoxy) is 1. The number of imide groups is 1. The number of likely N-dealkylation sites (tertiary alicyclic amines) is 1. The third-order valence-electron chi connectivity index (χ3n) is 3.89. The van der Waals surface area contributed by atoms with Crippen LogP contribution in [0.15, 0.2) is 0 Å². The minimum absolute atomic E-state index is 0.0976. The van der Waals surface area contributed by atoms with Crippen molar-refractivity contribution < 1.29 is 19.1 Å². The van der Waals surface area contributed by atoms with Crippen LogP contribution in [0.2, 0.25) is 0 Å². The zero-order valence-corrected chi connectivity index (χ0v) is 12.1. The lowest BCUT2D eigenvalue weighted by molar-refractivity contribution is -0.145. The van der Waals surface area contributed by atoms with Gasteiger partial charge in [-0.05, 0) is 26.8 Å². The highest BCUT2D eigenvalue weighted by Crippen LogP contribution is 2.19. The van der Waals surface area contributed by atoms with Gasteiger partial charge in [0.25, 0.3) is 5.91 Å². The predicted octanol–water partition coefficient (Wildman–Crippen LogP) is -0.188. The quantitative estimate of drug-likeness (QED) is 0.571. The van der Waals surface area contributed by atoms with Gasteiger partial charge in [0.15, 0.2) is 0 Å². The van der Waals surface area contributed by atoms with Gasteiger partial charge < -0.3 is 15.0 Å². The largest absolute Gasteiger partial charge is 0.469 e. The molecule has 0 radical (unpaired) electrons. The first kappa shape index (κ1) is 14.8. The predicted molar refractivity (Wildman–Crippen MR) is 70.9 cm³/mol. The maximum atomic E-state index is 12.0. The van der Waals surface area contributed by atoms with Crippen LogP contribution in [-0.2, 0) is 14.3 Å². The van der Waals surface area contributed by atoms with Gasteiger partial charge in [-0.1, -0.05) is 0 Å². The molecule has 20 heavy (non-hydrogen) atoms. The van der Waals surface area contributed by atoms with E-state index in [4.69, 9.17) is 4.74 Å². The minimum Gasteiger partial charge on any atom is -0.469 e. The lowest BCUT2D eigenvalue weighted by Crippen LogP contribution is -2.41. The fourth-order valence-corrected chi connectivity index (χ4v) is 2.66. The second-order valence-electron chi connectivity index (χ2n) is 5.82. The first-order valence-electron chi connectivity index (χ1n) is 6.79. The molecule has 0 aromatic heterocycles. The van der Waals surface area contributed by atoms with Crippen molar-refractivity contribution in [2.45, 2.75) is 25.8 Å². The molecule has 0 spiro atoms. The van der Waals surface area contributed by atoms with E-state index < -0.39 is 5.54 Å². The van der Waals surface area contributed by atoms with E-state index in [1.807, 2.05) is 0 Å². The number of methoxy groups -OCH3 is 1. The van der Waals surface area contributed by atoms with Crippen LogP contribution in [0, 0.1) is 5.92 Å². The van der Waals surface area contributed by atoms with Crippen LogP contribution in [0.4, 0.5) is 4.79 Å². The van der Waals surface area contributed by atoms with Crippen molar-refractivity contribution in [2.75, 3.05) is 33.3 Å². The summed E-state index contributed by atoms with van der Waals surface area (Å²) in [5.74, 6) is -0.491. The van der Waals surface area contributed by atoms with Crippen LogP contribution >= 0.6 is 0 Å². The van der Waals surface area contributed by atoms with Crippen molar-refractivity contribution in [3.05, 3.63) is 0 Å². The zero-order chi connectivity index (χ0) is 14.9. The summed E-state index contributed by atoms with van der Waals surface area (Å²) in [6, 6.07) is -0.344. The van der Waals surface area contributed by atoms with E-state index in [9.17, 15) is 14.4 Å². The van der Waals surface area contributed by atoms with Crippen molar-refractivity contribution in [2.24, 2.45) is 5.92 Å².